The molecule has 0 aliphatic rings. The molecule has 0 spiro atoms. The number of halogens is 1. The van der Waals surface area contributed by atoms with Crippen molar-refractivity contribution in [2.75, 3.05) is 0 Å². The summed E-state index contributed by atoms with van der Waals surface area (Å²) in [6.45, 7) is 1.35. The Morgan fingerprint density at radius 1 is 1.53 bits per heavy atom. The number of carboxylic acids is 1. The second-order valence-electron chi connectivity index (χ2n) is 2.76. The maximum Gasteiger partial charge on any atom is 0.325 e. The largest absolute Gasteiger partial charge is 0.480 e. The third-order valence-electron chi connectivity index (χ3n) is 1.56. The highest BCUT2D eigenvalue weighted by Gasteiger charge is 2.16. The molecule has 6 nitrogen and oxygen atoms in total. The van der Waals surface area contributed by atoms with Crippen molar-refractivity contribution in [2.24, 2.45) is 0 Å². The second kappa shape index (κ2) is 4.70. The van der Waals surface area contributed by atoms with E-state index >= 15 is 0 Å². The number of carbonyl (C=O) groups excluding carboxylic acids is 1. The summed E-state index contributed by atoms with van der Waals surface area (Å²) in [6.07, 6.45) is 2.48. The lowest BCUT2D eigenvalue weighted by Crippen LogP contribution is -2.38. The fraction of sp³-hybridized carbons (Fsp3) is 0.250. The highest BCUT2D eigenvalue weighted by Crippen LogP contribution is 2.02. The molecule has 1 aromatic heterocycles. The van der Waals surface area contributed by atoms with E-state index in [9.17, 15) is 9.59 Å². The minimum absolute atomic E-state index is 0.0180. The summed E-state index contributed by atoms with van der Waals surface area (Å²) in [5.74, 6) is -1.75. The van der Waals surface area contributed by atoms with Crippen molar-refractivity contribution in [2.45, 2.75) is 13.0 Å². The number of aliphatic carboxylic acids is 1. The van der Waals surface area contributed by atoms with Crippen LogP contribution in [-0.2, 0) is 4.79 Å². The maximum absolute atomic E-state index is 11.4. The van der Waals surface area contributed by atoms with Crippen LogP contribution in [0.4, 0.5) is 0 Å². The van der Waals surface area contributed by atoms with Crippen molar-refractivity contribution >= 4 is 23.5 Å². The number of rotatable bonds is 3. The van der Waals surface area contributed by atoms with Crippen LogP contribution >= 0.6 is 11.6 Å². The van der Waals surface area contributed by atoms with Crippen LogP contribution in [0.5, 0.6) is 0 Å². The van der Waals surface area contributed by atoms with Gasteiger partial charge in [-0.25, -0.2) is 4.98 Å². The predicted octanol–water partition coefficient (Wildman–Crippen LogP) is 0.333. The van der Waals surface area contributed by atoms with Gasteiger partial charge >= 0.3 is 5.97 Å². The second-order valence-corrected chi connectivity index (χ2v) is 3.15. The first-order valence-electron chi connectivity index (χ1n) is 4.02. The molecule has 0 aromatic carbocycles. The molecule has 1 amide bonds. The Bertz CT molecular complexity index is 396. The van der Waals surface area contributed by atoms with Gasteiger partial charge in [0.1, 0.15) is 16.9 Å². The van der Waals surface area contributed by atoms with E-state index in [2.05, 4.69) is 15.3 Å². The van der Waals surface area contributed by atoms with Crippen molar-refractivity contribution in [3.8, 4) is 0 Å². The molecule has 1 aromatic rings. The molecule has 2 N–H and O–H groups in total. The van der Waals surface area contributed by atoms with Gasteiger partial charge < -0.3 is 10.4 Å². The monoisotopic (exact) mass is 229 g/mol. The molecule has 0 aliphatic heterocycles. The zero-order valence-corrected chi connectivity index (χ0v) is 8.52. The molecule has 7 heteroatoms. The number of aromatic nitrogens is 2. The Morgan fingerprint density at radius 2 is 2.20 bits per heavy atom. The van der Waals surface area contributed by atoms with E-state index in [1.54, 1.807) is 0 Å². The van der Waals surface area contributed by atoms with E-state index in [-0.39, 0.29) is 10.8 Å². The number of carbonyl (C=O) groups is 2. The number of hydrogen-bond donors (Lipinski definition) is 2. The van der Waals surface area contributed by atoms with E-state index in [0.29, 0.717) is 0 Å². The lowest BCUT2D eigenvalue weighted by atomic mass is 10.3. The fourth-order valence-electron chi connectivity index (χ4n) is 0.784. The van der Waals surface area contributed by atoms with Crippen LogP contribution in [0.25, 0.3) is 0 Å². The van der Waals surface area contributed by atoms with Crippen LogP contribution in [0.2, 0.25) is 5.15 Å². The van der Waals surface area contributed by atoms with Crippen molar-refractivity contribution in [1.29, 1.82) is 0 Å². The van der Waals surface area contributed by atoms with Gasteiger partial charge in [-0.1, -0.05) is 11.6 Å². The first kappa shape index (κ1) is 11.4. The van der Waals surface area contributed by atoms with Crippen LogP contribution < -0.4 is 5.32 Å². The average molecular weight is 230 g/mol. The number of hydrogen-bond acceptors (Lipinski definition) is 4. The van der Waals surface area contributed by atoms with E-state index < -0.39 is 17.9 Å². The molecule has 1 heterocycles. The maximum atomic E-state index is 11.4. The number of amides is 1. The van der Waals surface area contributed by atoms with Gasteiger partial charge in [0.05, 0.1) is 12.4 Å². The number of carboxylic acid groups (broad SMARTS) is 1. The lowest BCUT2D eigenvalue weighted by molar-refractivity contribution is -0.138. The van der Waals surface area contributed by atoms with Gasteiger partial charge in [-0.05, 0) is 6.92 Å². The molecule has 0 aliphatic carbocycles. The topological polar surface area (TPSA) is 92.2 Å². The smallest absolute Gasteiger partial charge is 0.325 e. The third-order valence-corrected chi connectivity index (χ3v) is 1.74. The minimum atomic E-state index is -1.13. The summed E-state index contributed by atoms with van der Waals surface area (Å²) in [6, 6.07) is -0.988. The zero-order chi connectivity index (χ0) is 11.4. The first-order chi connectivity index (χ1) is 7.00. The quantitative estimate of drug-likeness (QED) is 0.779. The van der Waals surface area contributed by atoms with Gasteiger partial charge in [0.15, 0.2) is 0 Å². The van der Waals surface area contributed by atoms with Gasteiger partial charge in [0.2, 0.25) is 0 Å². The molecule has 0 radical (unpaired) electrons. The molecule has 0 bridgehead atoms. The molecule has 0 saturated heterocycles. The Kier molecular flexibility index (Phi) is 3.56. The summed E-state index contributed by atoms with van der Waals surface area (Å²) >= 11 is 5.52. The van der Waals surface area contributed by atoms with E-state index in [4.69, 9.17) is 16.7 Å². The van der Waals surface area contributed by atoms with E-state index in [1.807, 2.05) is 0 Å². The predicted molar refractivity (Wildman–Crippen MR) is 51.6 cm³/mol. The van der Waals surface area contributed by atoms with E-state index in [0.717, 1.165) is 0 Å². The van der Waals surface area contributed by atoms with Gasteiger partial charge in [0.25, 0.3) is 5.91 Å². The Hall–Kier alpha value is -1.69. The summed E-state index contributed by atoms with van der Waals surface area (Å²) < 4.78 is 0. The van der Waals surface area contributed by atoms with Crippen LogP contribution in [0, 0.1) is 0 Å². The summed E-state index contributed by atoms with van der Waals surface area (Å²) in [5, 5.41) is 10.9. The Labute approximate surface area is 90.3 Å². The molecule has 1 atom stereocenters. The Morgan fingerprint density at radius 3 is 2.73 bits per heavy atom. The number of nitrogens with zero attached hydrogens (tertiary/aromatic N) is 2. The summed E-state index contributed by atoms with van der Waals surface area (Å²) in [7, 11) is 0. The zero-order valence-electron chi connectivity index (χ0n) is 7.77. The van der Waals surface area contributed by atoms with Crippen LogP contribution in [-0.4, -0.2) is 33.0 Å². The molecule has 15 heavy (non-hydrogen) atoms. The average Bonchev–Trinajstić information content (AvgIpc) is 2.17. The van der Waals surface area contributed by atoms with Crippen molar-refractivity contribution in [3.63, 3.8) is 0 Å². The van der Waals surface area contributed by atoms with Crippen LogP contribution in [0.3, 0.4) is 0 Å². The van der Waals surface area contributed by atoms with E-state index in [1.165, 1.54) is 19.3 Å². The minimum Gasteiger partial charge on any atom is -0.480 e. The molecule has 1 rings (SSSR count). The van der Waals surface area contributed by atoms with Crippen molar-refractivity contribution < 1.29 is 14.7 Å². The lowest BCUT2D eigenvalue weighted by Gasteiger charge is -2.07. The fourth-order valence-corrected chi connectivity index (χ4v) is 0.931. The normalized spacial score (nSPS) is 11.9. The Balaban J connectivity index is 2.73. The van der Waals surface area contributed by atoms with Crippen LogP contribution in [0.15, 0.2) is 12.4 Å². The van der Waals surface area contributed by atoms with Crippen molar-refractivity contribution in [3.05, 3.63) is 23.2 Å². The molecule has 0 unspecified atom stereocenters. The van der Waals surface area contributed by atoms with Gasteiger partial charge in [-0.2, -0.15) is 0 Å². The van der Waals surface area contributed by atoms with Gasteiger partial charge in [-0.15, -0.1) is 0 Å². The summed E-state index contributed by atoms with van der Waals surface area (Å²) in [5.41, 5.74) is -0.0180. The molecular formula is C8H8ClN3O3. The SMILES string of the molecule is C[C@@H](NC(=O)c1cncc(Cl)n1)C(=O)O. The standard InChI is InChI=1S/C8H8ClN3O3/c1-4(8(14)15)11-7(13)5-2-10-3-6(9)12-5/h2-4H,1H3,(H,11,13)(H,14,15)/t4-/m1/s1. The highest BCUT2D eigenvalue weighted by molar-refractivity contribution is 6.29. The van der Waals surface area contributed by atoms with Gasteiger partial charge in [0, 0.05) is 0 Å². The van der Waals surface area contributed by atoms with Crippen LogP contribution in [0.1, 0.15) is 17.4 Å². The number of nitrogens with one attached hydrogen (secondary N) is 1. The molecule has 0 fully saturated rings. The third kappa shape index (κ3) is 3.17. The summed E-state index contributed by atoms with van der Waals surface area (Å²) in [4.78, 5) is 29.2. The first-order valence-corrected chi connectivity index (χ1v) is 4.39. The van der Waals surface area contributed by atoms with Gasteiger partial charge in [-0.3, -0.25) is 14.6 Å². The van der Waals surface area contributed by atoms with Crippen molar-refractivity contribution in [1.82, 2.24) is 15.3 Å². The molecule has 0 saturated carbocycles. The molecular weight excluding hydrogens is 222 g/mol. The molecule has 80 valence electrons. The highest BCUT2D eigenvalue weighted by atomic mass is 35.5.